The van der Waals surface area contributed by atoms with Gasteiger partial charge in [-0.3, -0.25) is 9.69 Å². The number of amides is 1. The van der Waals surface area contributed by atoms with Crippen LogP contribution in [0.5, 0.6) is 17.2 Å². The Morgan fingerprint density at radius 1 is 1.20 bits per heavy atom. The minimum absolute atomic E-state index is 0.0823. The summed E-state index contributed by atoms with van der Waals surface area (Å²) in [5, 5.41) is 2.90. The molecular formula is C19H22N2O4. The summed E-state index contributed by atoms with van der Waals surface area (Å²) in [7, 11) is 1.90. The zero-order valence-electron chi connectivity index (χ0n) is 14.4. The number of rotatable bonds is 7. The summed E-state index contributed by atoms with van der Waals surface area (Å²) in [4.78, 5) is 14.4. The third-order valence-electron chi connectivity index (χ3n) is 4.14. The number of carbonyl (C=O) groups is 1. The summed E-state index contributed by atoms with van der Waals surface area (Å²) in [6, 6.07) is 14.7. The van der Waals surface area contributed by atoms with Gasteiger partial charge >= 0.3 is 0 Å². The molecule has 25 heavy (non-hydrogen) atoms. The maximum atomic E-state index is 12.4. The van der Waals surface area contributed by atoms with Crippen molar-refractivity contribution in [3.63, 3.8) is 0 Å². The number of likely N-dealkylation sites (N-methyl/N-ethyl adjacent to an activating group) is 1. The van der Waals surface area contributed by atoms with Gasteiger partial charge in [-0.1, -0.05) is 18.2 Å². The smallest absolute Gasteiger partial charge is 0.241 e. The van der Waals surface area contributed by atoms with E-state index in [1.807, 2.05) is 49.2 Å². The van der Waals surface area contributed by atoms with Crippen LogP contribution < -0.4 is 19.5 Å². The van der Waals surface area contributed by atoms with Crippen molar-refractivity contribution in [2.45, 2.75) is 13.0 Å². The van der Waals surface area contributed by atoms with E-state index in [4.69, 9.17) is 14.2 Å². The van der Waals surface area contributed by atoms with Crippen LogP contribution >= 0.6 is 0 Å². The van der Waals surface area contributed by atoms with Crippen LogP contribution in [-0.4, -0.2) is 43.8 Å². The van der Waals surface area contributed by atoms with E-state index in [1.165, 1.54) is 0 Å². The Morgan fingerprint density at radius 2 is 1.96 bits per heavy atom. The van der Waals surface area contributed by atoms with Crippen molar-refractivity contribution in [3.8, 4) is 17.2 Å². The maximum Gasteiger partial charge on any atom is 0.241 e. The molecule has 0 saturated carbocycles. The molecule has 1 atom stereocenters. The summed E-state index contributed by atoms with van der Waals surface area (Å²) in [5.74, 6) is 2.09. The Hall–Kier alpha value is -2.73. The fraction of sp³-hybridized carbons (Fsp3) is 0.316. The molecular weight excluding hydrogens is 320 g/mol. The van der Waals surface area contributed by atoms with Gasteiger partial charge in [0.2, 0.25) is 12.7 Å². The molecule has 1 aliphatic heterocycles. The molecule has 6 nitrogen and oxygen atoms in total. The number of hydrogen-bond acceptors (Lipinski definition) is 5. The Bertz CT molecular complexity index is 721. The topological polar surface area (TPSA) is 60.0 Å². The van der Waals surface area contributed by atoms with E-state index in [-0.39, 0.29) is 18.7 Å². The van der Waals surface area contributed by atoms with Crippen molar-refractivity contribution in [1.29, 1.82) is 0 Å². The van der Waals surface area contributed by atoms with Crippen LogP contribution in [0.2, 0.25) is 0 Å². The van der Waals surface area contributed by atoms with Crippen molar-refractivity contribution in [3.05, 3.63) is 48.5 Å². The second kappa shape index (κ2) is 7.90. The highest BCUT2D eigenvalue weighted by atomic mass is 16.7. The van der Waals surface area contributed by atoms with E-state index < -0.39 is 0 Å². The van der Waals surface area contributed by atoms with E-state index in [2.05, 4.69) is 5.32 Å². The van der Waals surface area contributed by atoms with Crippen LogP contribution in [0.4, 0.5) is 5.69 Å². The van der Waals surface area contributed by atoms with Crippen molar-refractivity contribution < 1.29 is 19.0 Å². The first-order valence-electron chi connectivity index (χ1n) is 8.22. The molecule has 2 aromatic carbocycles. The predicted octanol–water partition coefficient (Wildman–Crippen LogP) is 2.75. The molecule has 132 valence electrons. The van der Waals surface area contributed by atoms with Gasteiger partial charge in [0.15, 0.2) is 11.5 Å². The largest absolute Gasteiger partial charge is 0.492 e. The monoisotopic (exact) mass is 342 g/mol. The van der Waals surface area contributed by atoms with E-state index in [0.29, 0.717) is 30.3 Å². The number of nitrogens with zero attached hydrogens (tertiary/aromatic N) is 1. The van der Waals surface area contributed by atoms with Crippen LogP contribution in [0, 0.1) is 0 Å². The highest BCUT2D eigenvalue weighted by Crippen LogP contribution is 2.34. The van der Waals surface area contributed by atoms with Gasteiger partial charge in [0.05, 0.1) is 6.04 Å². The minimum atomic E-state index is -0.287. The van der Waals surface area contributed by atoms with Crippen LogP contribution in [0.15, 0.2) is 48.5 Å². The molecule has 2 aromatic rings. The van der Waals surface area contributed by atoms with Gasteiger partial charge in [-0.15, -0.1) is 0 Å². The van der Waals surface area contributed by atoms with Gasteiger partial charge in [0.25, 0.3) is 0 Å². The van der Waals surface area contributed by atoms with Crippen LogP contribution in [0.1, 0.15) is 6.92 Å². The maximum absolute atomic E-state index is 12.4. The number of anilines is 1. The molecule has 0 bridgehead atoms. The summed E-state index contributed by atoms with van der Waals surface area (Å²) in [6.07, 6.45) is 0. The molecule has 3 rings (SSSR count). The highest BCUT2D eigenvalue weighted by Gasteiger charge is 2.19. The number of hydrogen-bond donors (Lipinski definition) is 1. The number of benzene rings is 2. The van der Waals surface area contributed by atoms with Gasteiger partial charge in [-0.25, -0.2) is 0 Å². The molecule has 0 fully saturated rings. The fourth-order valence-corrected chi connectivity index (χ4v) is 2.44. The van der Waals surface area contributed by atoms with E-state index in [0.717, 1.165) is 5.75 Å². The summed E-state index contributed by atoms with van der Waals surface area (Å²) >= 11 is 0. The number of para-hydroxylation sites is 1. The average Bonchev–Trinajstić information content (AvgIpc) is 3.09. The summed E-state index contributed by atoms with van der Waals surface area (Å²) in [5.41, 5.74) is 0.690. The normalized spacial score (nSPS) is 13.6. The molecule has 0 radical (unpaired) electrons. The van der Waals surface area contributed by atoms with Crippen molar-refractivity contribution >= 4 is 11.6 Å². The lowest BCUT2D eigenvalue weighted by molar-refractivity contribution is -0.120. The molecule has 0 aliphatic carbocycles. The molecule has 1 aliphatic rings. The van der Waals surface area contributed by atoms with Gasteiger partial charge in [-0.2, -0.15) is 0 Å². The lowest BCUT2D eigenvalue weighted by atomic mass is 10.2. The number of carbonyl (C=O) groups excluding carboxylic acids is 1. The first kappa shape index (κ1) is 17.1. The number of ether oxygens (including phenoxy) is 3. The predicted molar refractivity (Wildman–Crippen MR) is 95.2 cm³/mol. The fourth-order valence-electron chi connectivity index (χ4n) is 2.44. The van der Waals surface area contributed by atoms with Crippen molar-refractivity contribution in [2.24, 2.45) is 0 Å². The van der Waals surface area contributed by atoms with Crippen LogP contribution in [0.3, 0.4) is 0 Å². The first-order chi connectivity index (χ1) is 12.1. The average molecular weight is 342 g/mol. The first-order valence-corrected chi connectivity index (χ1v) is 8.22. The van der Waals surface area contributed by atoms with Gasteiger partial charge in [-0.05, 0) is 38.2 Å². The molecule has 1 N–H and O–H groups in total. The van der Waals surface area contributed by atoms with Crippen molar-refractivity contribution in [1.82, 2.24) is 4.90 Å². The van der Waals surface area contributed by atoms with Crippen LogP contribution in [-0.2, 0) is 4.79 Å². The van der Waals surface area contributed by atoms with E-state index >= 15 is 0 Å². The second-order valence-corrected chi connectivity index (χ2v) is 5.88. The number of fused-ring (bicyclic) bond motifs is 1. The minimum Gasteiger partial charge on any atom is -0.492 e. The molecule has 1 amide bonds. The quantitative estimate of drug-likeness (QED) is 0.838. The third-order valence-corrected chi connectivity index (χ3v) is 4.14. The molecule has 6 heteroatoms. The number of nitrogens with one attached hydrogen (secondary N) is 1. The molecule has 0 aromatic heterocycles. The highest BCUT2D eigenvalue weighted by molar-refractivity contribution is 5.94. The Labute approximate surface area is 147 Å². The SMILES string of the molecule is C[C@H](C(=O)Nc1ccc2c(c1)OCO2)N(C)CCOc1ccccc1. The second-order valence-electron chi connectivity index (χ2n) is 5.88. The van der Waals surface area contributed by atoms with E-state index in [1.54, 1.807) is 18.2 Å². The zero-order chi connectivity index (χ0) is 17.6. The van der Waals surface area contributed by atoms with Crippen molar-refractivity contribution in [2.75, 3.05) is 32.3 Å². The Morgan fingerprint density at radius 3 is 2.76 bits per heavy atom. The van der Waals surface area contributed by atoms with Gasteiger partial charge < -0.3 is 19.5 Å². The van der Waals surface area contributed by atoms with Gasteiger partial charge in [0, 0.05) is 18.3 Å². The summed E-state index contributed by atoms with van der Waals surface area (Å²) < 4.78 is 16.3. The Kier molecular flexibility index (Phi) is 5.40. The summed E-state index contributed by atoms with van der Waals surface area (Å²) in [6.45, 7) is 3.24. The lowest BCUT2D eigenvalue weighted by Gasteiger charge is -2.23. The molecule has 0 unspecified atom stereocenters. The Balaban J connectivity index is 1.47. The van der Waals surface area contributed by atoms with Gasteiger partial charge in [0.1, 0.15) is 12.4 Å². The van der Waals surface area contributed by atoms with Crippen LogP contribution in [0.25, 0.3) is 0 Å². The lowest BCUT2D eigenvalue weighted by Crippen LogP contribution is -2.41. The molecule has 0 spiro atoms. The third kappa shape index (κ3) is 4.42. The standard InChI is InChI=1S/C19H22N2O4/c1-14(21(2)10-11-23-16-6-4-3-5-7-16)19(22)20-15-8-9-17-18(12-15)25-13-24-17/h3-9,12,14H,10-11,13H2,1-2H3,(H,20,22)/t14-/m1/s1. The zero-order valence-corrected chi connectivity index (χ0v) is 14.4. The molecule has 1 heterocycles. The van der Waals surface area contributed by atoms with E-state index in [9.17, 15) is 4.79 Å². The molecule has 0 saturated heterocycles.